The molecule has 1 saturated heterocycles. The van der Waals surface area contributed by atoms with Crippen LogP contribution in [0.5, 0.6) is 0 Å². The SMILES string of the molecule is CN(C)C(=O)N1CCCC(C(=O)c2ccc(F)cc2)C1. The van der Waals surface area contributed by atoms with E-state index in [1.165, 1.54) is 29.2 Å². The van der Waals surface area contributed by atoms with Gasteiger partial charge in [-0.05, 0) is 37.1 Å². The van der Waals surface area contributed by atoms with Gasteiger partial charge in [-0.3, -0.25) is 4.79 Å². The number of hydrogen-bond acceptors (Lipinski definition) is 2. The van der Waals surface area contributed by atoms with Gasteiger partial charge >= 0.3 is 6.03 Å². The fourth-order valence-electron chi connectivity index (χ4n) is 2.50. The number of ketones is 1. The summed E-state index contributed by atoms with van der Waals surface area (Å²) in [5.41, 5.74) is 0.510. The highest BCUT2D eigenvalue weighted by Crippen LogP contribution is 2.21. The zero-order valence-corrected chi connectivity index (χ0v) is 11.8. The third-order valence-electron chi connectivity index (χ3n) is 3.57. The van der Waals surface area contributed by atoms with Gasteiger partial charge in [0.1, 0.15) is 5.82 Å². The standard InChI is InChI=1S/C15H19FN2O2/c1-17(2)15(20)18-9-3-4-12(10-18)14(19)11-5-7-13(16)8-6-11/h5-8,12H,3-4,9-10H2,1-2H3. The van der Waals surface area contributed by atoms with E-state index < -0.39 is 0 Å². The van der Waals surface area contributed by atoms with Crippen molar-refractivity contribution in [2.75, 3.05) is 27.2 Å². The predicted molar refractivity (Wildman–Crippen MR) is 74.1 cm³/mol. The normalized spacial score (nSPS) is 18.8. The summed E-state index contributed by atoms with van der Waals surface area (Å²) in [6.45, 7) is 1.12. The van der Waals surface area contributed by atoms with Gasteiger partial charge in [0.15, 0.2) is 5.78 Å². The Bertz CT molecular complexity index is 499. The molecule has 20 heavy (non-hydrogen) atoms. The van der Waals surface area contributed by atoms with Gasteiger partial charge in [0.05, 0.1) is 0 Å². The number of carbonyl (C=O) groups excluding carboxylic acids is 2. The first-order valence-corrected chi connectivity index (χ1v) is 6.75. The number of hydrogen-bond donors (Lipinski definition) is 0. The number of benzene rings is 1. The molecule has 0 aliphatic carbocycles. The van der Waals surface area contributed by atoms with Crippen molar-refractivity contribution in [3.63, 3.8) is 0 Å². The van der Waals surface area contributed by atoms with Crippen molar-refractivity contribution in [2.24, 2.45) is 5.92 Å². The van der Waals surface area contributed by atoms with E-state index in [4.69, 9.17) is 0 Å². The highest BCUT2D eigenvalue weighted by Gasteiger charge is 2.29. The number of carbonyl (C=O) groups is 2. The molecule has 1 atom stereocenters. The van der Waals surface area contributed by atoms with Gasteiger partial charge < -0.3 is 9.80 Å². The molecule has 1 unspecified atom stereocenters. The van der Waals surface area contributed by atoms with Crippen LogP contribution in [0.1, 0.15) is 23.2 Å². The molecule has 1 aromatic rings. The Morgan fingerprint density at radius 2 is 1.90 bits per heavy atom. The van der Waals surface area contributed by atoms with Gasteiger partial charge in [-0.15, -0.1) is 0 Å². The van der Waals surface area contributed by atoms with Crippen LogP contribution in [0.2, 0.25) is 0 Å². The second kappa shape index (κ2) is 6.03. The van der Waals surface area contributed by atoms with Crippen LogP contribution in [-0.4, -0.2) is 48.8 Å². The Morgan fingerprint density at radius 3 is 2.50 bits per heavy atom. The molecule has 108 valence electrons. The number of rotatable bonds is 2. The Morgan fingerprint density at radius 1 is 1.25 bits per heavy atom. The van der Waals surface area contributed by atoms with Gasteiger partial charge in [-0.1, -0.05) is 0 Å². The molecule has 0 saturated carbocycles. The Balaban J connectivity index is 2.07. The summed E-state index contributed by atoms with van der Waals surface area (Å²) in [4.78, 5) is 27.5. The Labute approximate surface area is 118 Å². The maximum Gasteiger partial charge on any atom is 0.319 e. The van der Waals surface area contributed by atoms with E-state index in [0.717, 1.165) is 12.8 Å². The number of piperidine rings is 1. The minimum Gasteiger partial charge on any atom is -0.331 e. The van der Waals surface area contributed by atoms with Crippen LogP contribution in [0.15, 0.2) is 24.3 Å². The highest BCUT2D eigenvalue weighted by molar-refractivity contribution is 5.98. The molecular weight excluding hydrogens is 259 g/mol. The van der Waals surface area contributed by atoms with Crippen molar-refractivity contribution in [2.45, 2.75) is 12.8 Å². The number of halogens is 1. The maximum atomic E-state index is 12.9. The molecule has 0 aromatic heterocycles. The molecule has 1 aliphatic rings. The average Bonchev–Trinajstić information content (AvgIpc) is 2.46. The zero-order chi connectivity index (χ0) is 14.7. The van der Waals surface area contributed by atoms with Crippen molar-refractivity contribution >= 4 is 11.8 Å². The molecule has 0 bridgehead atoms. The fraction of sp³-hybridized carbons (Fsp3) is 0.467. The molecule has 2 amide bonds. The summed E-state index contributed by atoms with van der Waals surface area (Å²) in [5.74, 6) is -0.561. The topological polar surface area (TPSA) is 40.6 Å². The second-order valence-corrected chi connectivity index (χ2v) is 5.33. The molecule has 0 N–H and O–H groups in total. The monoisotopic (exact) mass is 278 g/mol. The smallest absolute Gasteiger partial charge is 0.319 e. The number of likely N-dealkylation sites (tertiary alicyclic amines) is 1. The van der Waals surface area contributed by atoms with Gasteiger partial charge in [-0.25, -0.2) is 9.18 Å². The number of amides is 2. The van der Waals surface area contributed by atoms with Gasteiger partial charge in [0.25, 0.3) is 0 Å². The van der Waals surface area contributed by atoms with Crippen LogP contribution in [-0.2, 0) is 0 Å². The predicted octanol–water partition coefficient (Wildman–Crippen LogP) is 2.40. The Hall–Kier alpha value is -1.91. The molecule has 0 spiro atoms. The largest absolute Gasteiger partial charge is 0.331 e. The third-order valence-corrected chi connectivity index (χ3v) is 3.57. The minimum atomic E-state index is -0.352. The lowest BCUT2D eigenvalue weighted by Crippen LogP contribution is -2.46. The zero-order valence-electron chi connectivity index (χ0n) is 11.8. The minimum absolute atomic E-state index is 0.0127. The van der Waals surface area contributed by atoms with Crippen LogP contribution >= 0.6 is 0 Å². The lowest BCUT2D eigenvalue weighted by Gasteiger charge is -2.33. The molecule has 1 aliphatic heterocycles. The summed E-state index contributed by atoms with van der Waals surface area (Å²) >= 11 is 0. The van der Waals surface area contributed by atoms with Crippen molar-refractivity contribution in [1.82, 2.24) is 9.80 Å². The van der Waals surface area contributed by atoms with Crippen molar-refractivity contribution in [3.05, 3.63) is 35.6 Å². The van der Waals surface area contributed by atoms with Crippen LogP contribution in [0, 0.1) is 11.7 Å². The van der Waals surface area contributed by atoms with Crippen molar-refractivity contribution in [1.29, 1.82) is 0 Å². The molecule has 0 radical (unpaired) electrons. The average molecular weight is 278 g/mol. The molecule has 1 heterocycles. The van der Waals surface area contributed by atoms with Crippen molar-refractivity contribution < 1.29 is 14.0 Å². The summed E-state index contributed by atoms with van der Waals surface area (Å²) < 4.78 is 12.9. The van der Waals surface area contributed by atoms with Gasteiger partial charge in [0.2, 0.25) is 0 Å². The van der Waals surface area contributed by atoms with E-state index in [9.17, 15) is 14.0 Å². The number of urea groups is 1. The summed E-state index contributed by atoms with van der Waals surface area (Å²) in [5, 5.41) is 0. The molecule has 2 rings (SSSR count). The molecule has 1 fully saturated rings. The first-order valence-electron chi connectivity index (χ1n) is 6.75. The number of nitrogens with zero attached hydrogens (tertiary/aromatic N) is 2. The van der Waals surface area contributed by atoms with Crippen LogP contribution in [0.4, 0.5) is 9.18 Å². The first-order chi connectivity index (χ1) is 9.49. The third kappa shape index (κ3) is 3.15. The van der Waals surface area contributed by atoms with Crippen molar-refractivity contribution in [3.8, 4) is 0 Å². The van der Waals surface area contributed by atoms with E-state index >= 15 is 0 Å². The van der Waals surface area contributed by atoms with Gasteiger partial charge in [-0.2, -0.15) is 0 Å². The van der Waals surface area contributed by atoms with E-state index in [1.807, 2.05) is 0 Å². The molecule has 5 heteroatoms. The summed E-state index contributed by atoms with van der Waals surface area (Å²) in [6.07, 6.45) is 1.59. The lowest BCUT2D eigenvalue weighted by molar-refractivity contribution is 0.0831. The fourth-order valence-corrected chi connectivity index (χ4v) is 2.50. The molecular formula is C15H19FN2O2. The van der Waals surface area contributed by atoms with E-state index in [-0.39, 0.29) is 23.5 Å². The highest BCUT2D eigenvalue weighted by atomic mass is 19.1. The summed E-state index contributed by atoms with van der Waals surface area (Å²) in [6, 6.07) is 5.52. The van der Waals surface area contributed by atoms with Gasteiger partial charge in [0, 0.05) is 38.7 Å². The number of Topliss-reactive ketones (excluding diaryl/α,β-unsaturated/α-hetero) is 1. The van der Waals surface area contributed by atoms with Crippen LogP contribution in [0.3, 0.4) is 0 Å². The van der Waals surface area contributed by atoms with E-state index in [1.54, 1.807) is 19.0 Å². The quantitative estimate of drug-likeness (QED) is 0.779. The Kier molecular flexibility index (Phi) is 4.37. The van der Waals surface area contributed by atoms with E-state index in [0.29, 0.717) is 18.7 Å². The molecule has 1 aromatic carbocycles. The van der Waals surface area contributed by atoms with E-state index in [2.05, 4.69) is 0 Å². The molecule has 4 nitrogen and oxygen atoms in total. The van der Waals surface area contributed by atoms with Crippen LogP contribution < -0.4 is 0 Å². The lowest BCUT2D eigenvalue weighted by atomic mass is 9.90. The maximum absolute atomic E-state index is 12.9. The summed E-state index contributed by atoms with van der Waals surface area (Å²) in [7, 11) is 3.40. The second-order valence-electron chi connectivity index (χ2n) is 5.33. The van der Waals surface area contributed by atoms with Crippen LogP contribution in [0.25, 0.3) is 0 Å². The first kappa shape index (κ1) is 14.5.